The second-order valence-corrected chi connectivity index (χ2v) is 4.69. The highest BCUT2D eigenvalue weighted by Crippen LogP contribution is 2.26. The molecule has 0 aromatic heterocycles. The van der Waals surface area contributed by atoms with Crippen LogP contribution in [-0.2, 0) is 19.6 Å². The first-order chi connectivity index (χ1) is 7.83. The van der Waals surface area contributed by atoms with Gasteiger partial charge in [-0.25, -0.2) is 8.42 Å². The molecular formula is C6H8F2N4O4S. The van der Waals surface area contributed by atoms with E-state index in [-0.39, 0.29) is 26.3 Å². The van der Waals surface area contributed by atoms with Gasteiger partial charge in [-0.05, 0) is 5.53 Å². The molecule has 8 nitrogen and oxygen atoms in total. The third-order valence-corrected chi connectivity index (χ3v) is 3.13. The van der Waals surface area contributed by atoms with E-state index in [0.717, 1.165) is 0 Å². The number of rotatable bonds is 3. The van der Waals surface area contributed by atoms with Gasteiger partial charge in [-0.1, -0.05) is 0 Å². The van der Waals surface area contributed by atoms with Crippen molar-refractivity contribution in [3.05, 3.63) is 10.4 Å². The van der Waals surface area contributed by atoms with Gasteiger partial charge < -0.3 is 9.64 Å². The third kappa shape index (κ3) is 2.62. The zero-order chi connectivity index (χ0) is 13.1. The highest BCUT2D eigenvalue weighted by Gasteiger charge is 2.54. The molecule has 96 valence electrons. The molecule has 1 saturated heterocycles. The van der Waals surface area contributed by atoms with E-state index in [2.05, 4.69) is 0 Å². The summed E-state index contributed by atoms with van der Waals surface area (Å²) in [5.41, 5.74) is 7.86. The highest BCUT2D eigenvalue weighted by atomic mass is 32.2. The van der Waals surface area contributed by atoms with Crippen LogP contribution >= 0.6 is 0 Å². The zero-order valence-electron chi connectivity index (χ0n) is 8.41. The zero-order valence-corrected chi connectivity index (χ0v) is 9.23. The Balaban J connectivity index is 2.97. The third-order valence-electron chi connectivity index (χ3n) is 2.02. The fourth-order valence-electron chi connectivity index (χ4n) is 1.16. The van der Waals surface area contributed by atoms with Crippen molar-refractivity contribution in [1.29, 1.82) is 0 Å². The predicted molar refractivity (Wildman–Crippen MR) is 50.4 cm³/mol. The summed E-state index contributed by atoms with van der Waals surface area (Å²) in [5.74, 6) is -1.91. The van der Waals surface area contributed by atoms with Crippen LogP contribution in [0.2, 0.25) is 0 Å². The molecule has 17 heavy (non-hydrogen) atoms. The molecule has 1 aliphatic heterocycles. The van der Waals surface area contributed by atoms with E-state index in [1.807, 2.05) is 4.52 Å². The van der Waals surface area contributed by atoms with Crippen LogP contribution < -0.4 is 0 Å². The summed E-state index contributed by atoms with van der Waals surface area (Å²) in [4.78, 5) is 13.7. The first kappa shape index (κ1) is 13.6. The van der Waals surface area contributed by atoms with E-state index in [9.17, 15) is 22.0 Å². The Morgan fingerprint density at radius 2 is 1.94 bits per heavy atom. The number of carbonyl (C=O) groups is 1. The fourth-order valence-corrected chi connectivity index (χ4v) is 1.71. The molecule has 1 rings (SSSR count). The van der Waals surface area contributed by atoms with Gasteiger partial charge in [0.1, 0.15) is 0 Å². The van der Waals surface area contributed by atoms with E-state index in [0.29, 0.717) is 4.90 Å². The largest absolute Gasteiger partial charge is 0.429 e. The first-order valence-electron chi connectivity index (χ1n) is 4.39. The number of nitrogens with zero attached hydrogens (tertiary/aromatic N) is 4. The molecule has 0 atom stereocenters. The molecule has 0 unspecified atom stereocenters. The number of halogens is 2. The van der Waals surface area contributed by atoms with E-state index in [4.69, 9.17) is 10.3 Å². The molecule has 0 aliphatic carbocycles. The van der Waals surface area contributed by atoms with E-state index in [1.165, 1.54) is 0 Å². The molecule has 1 amide bonds. The van der Waals surface area contributed by atoms with Crippen LogP contribution in [0.4, 0.5) is 8.78 Å². The molecule has 1 aliphatic rings. The van der Waals surface area contributed by atoms with Crippen molar-refractivity contribution >= 4 is 15.9 Å². The van der Waals surface area contributed by atoms with E-state index >= 15 is 0 Å². The Morgan fingerprint density at radius 3 is 2.41 bits per heavy atom. The number of amides is 1. The normalized spacial score (nSPS) is 17.4. The van der Waals surface area contributed by atoms with Gasteiger partial charge >= 0.3 is 21.2 Å². The number of ether oxygens (including phenoxy) is 1. The number of alkyl halides is 2. The quantitative estimate of drug-likeness (QED) is 0.410. The summed E-state index contributed by atoms with van der Waals surface area (Å²) >= 11 is 0. The molecule has 0 aromatic carbocycles. The lowest BCUT2D eigenvalue weighted by Crippen LogP contribution is -2.51. The maximum Gasteiger partial charge on any atom is 0.429 e. The average molecular weight is 270 g/mol. The van der Waals surface area contributed by atoms with Crippen LogP contribution in [-0.4, -0.2) is 50.8 Å². The number of azide groups is 1. The molecule has 0 N–H and O–H groups in total. The predicted octanol–water partition coefficient (Wildman–Crippen LogP) is 0.0781. The van der Waals surface area contributed by atoms with Crippen molar-refractivity contribution in [1.82, 2.24) is 4.90 Å². The molecule has 0 aromatic rings. The van der Waals surface area contributed by atoms with Gasteiger partial charge in [-0.3, -0.25) is 4.79 Å². The summed E-state index contributed by atoms with van der Waals surface area (Å²) in [6.45, 7) is -0.187. The SMILES string of the molecule is [N-]=[N+]=NS(=O)(=O)C(F)(F)C(=O)N1CCOCC1. The van der Waals surface area contributed by atoms with E-state index in [1.54, 1.807) is 4.91 Å². The van der Waals surface area contributed by atoms with Crippen LogP contribution in [0.3, 0.4) is 0 Å². The minimum Gasteiger partial charge on any atom is -0.378 e. The number of hydrogen-bond donors (Lipinski definition) is 0. The van der Waals surface area contributed by atoms with Crippen molar-refractivity contribution in [2.45, 2.75) is 5.25 Å². The summed E-state index contributed by atoms with van der Waals surface area (Å²) in [6, 6.07) is 0. The lowest BCUT2D eigenvalue weighted by molar-refractivity contribution is -0.151. The van der Waals surface area contributed by atoms with E-state index < -0.39 is 21.2 Å². The summed E-state index contributed by atoms with van der Waals surface area (Å²) < 4.78 is 55.1. The average Bonchev–Trinajstić information content (AvgIpc) is 2.29. The Morgan fingerprint density at radius 1 is 1.41 bits per heavy atom. The Bertz CT molecular complexity index is 453. The molecule has 0 radical (unpaired) electrons. The standard InChI is InChI=1S/C6H8F2N4O4S/c7-6(8,17(14,15)11-10-9)5(13)12-1-3-16-4-2-12/h1-4H2. The minimum atomic E-state index is -5.52. The van der Waals surface area contributed by atoms with Crippen molar-refractivity contribution in [2.24, 2.45) is 4.52 Å². The number of carbonyl (C=O) groups excluding carboxylic acids is 1. The van der Waals surface area contributed by atoms with Crippen LogP contribution in [0.25, 0.3) is 10.4 Å². The van der Waals surface area contributed by atoms with Gasteiger partial charge in [-0.15, -0.1) is 0 Å². The lowest BCUT2D eigenvalue weighted by Gasteiger charge is -2.28. The molecule has 1 heterocycles. The van der Waals surface area contributed by atoms with Gasteiger partial charge in [-0.2, -0.15) is 8.78 Å². The number of morpholine rings is 1. The highest BCUT2D eigenvalue weighted by molar-refractivity contribution is 7.91. The van der Waals surface area contributed by atoms with Gasteiger partial charge in [0.15, 0.2) is 0 Å². The van der Waals surface area contributed by atoms with Gasteiger partial charge in [0.25, 0.3) is 0 Å². The Kier molecular flexibility index (Phi) is 3.86. The molecule has 0 bridgehead atoms. The molecule has 0 saturated carbocycles. The number of sulfonamides is 1. The fraction of sp³-hybridized carbons (Fsp3) is 0.833. The van der Waals surface area contributed by atoms with Crippen LogP contribution in [0.1, 0.15) is 0 Å². The van der Waals surface area contributed by atoms with Crippen molar-refractivity contribution in [2.75, 3.05) is 26.3 Å². The summed E-state index contributed by atoms with van der Waals surface area (Å²) in [6.07, 6.45) is 0. The Labute approximate surface area is 94.8 Å². The second-order valence-electron chi connectivity index (χ2n) is 3.07. The maximum atomic E-state index is 13.3. The van der Waals surface area contributed by atoms with Gasteiger partial charge in [0, 0.05) is 22.5 Å². The lowest BCUT2D eigenvalue weighted by atomic mass is 10.4. The van der Waals surface area contributed by atoms with Crippen LogP contribution in [0.5, 0.6) is 0 Å². The van der Waals surface area contributed by atoms with Crippen LogP contribution in [0.15, 0.2) is 4.52 Å². The summed E-state index contributed by atoms with van der Waals surface area (Å²) in [5, 5.41) is -4.75. The van der Waals surface area contributed by atoms with Gasteiger partial charge in [0.05, 0.1) is 13.2 Å². The topological polar surface area (TPSA) is 112 Å². The number of hydrogen-bond acceptors (Lipinski definition) is 4. The summed E-state index contributed by atoms with van der Waals surface area (Å²) in [7, 11) is -5.52. The van der Waals surface area contributed by atoms with Crippen molar-refractivity contribution < 1.29 is 26.7 Å². The second kappa shape index (κ2) is 4.82. The van der Waals surface area contributed by atoms with Crippen molar-refractivity contribution in [3.8, 4) is 0 Å². The Hall–Kier alpha value is -1.45. The smallest absolute Gasteiger partial charge is 0.378 e. The molecular weight excluding hydrogens is 262 g/mol. The molecule has 0 spiro atoms. The molecule has 1 fully saturated rings. The minimum absolute atomic E-state index is 0.0450. The first-order valence-corrected chi connectivity index (χ1v) is 5.83. The van der Waals surface area contributed by atoms with Crippen LogP contribution in [0, 0.1) is 0 Å². The monoisotopic (exact) mass is 270 g/mol. The maximum absolute atomic E-state index is 13.3. The molecule has 11 heteroatoms. The van der Waals surface area contributed by atoms with Gasteiger partial charge in [0.2, 0.25) is 0 Å². The van der Waals surface area contributed by atoms with Crippen molar-refractivity contribution in [3.63, 3.8) is 0 Å².